The van der Waals surface area contributed by atoms with E-state index in [0.29, 0.717) is 39.4 Å². The van der Waals surface area contributed by atoms with E-state index in [9.17, 15) is 22.9 Å². The number of hydrogen-bond acceptors (Lipinski definition) is 7. The number of fused-ring (bicyclic) bond motifs is 1. The van der Waals surface area contributed by atoms with Crippen molar-refractivity contribution in [3.63, 3.8) is 0 Å². The van der Waals surface area contributed by atoms with Crippen LogP contribution in [0, 0.1) is 0 Å². The van der Waals surface area contributed by atoms with E-state index < -0.39 is 26.7 Å². The van der Waals surface area contributed by atoms with Crippen molar-refractivity contribution in [2.75, 3.05) is 11.9 Å². The molecule has 202 valence electrons. The molecule has 4 rings (SSSR count). The molecule has 0 spiro atoms. The van der Waals surface area contributed by atoms with E-state index in [-0.39, 0.29) is 57.9 Å². The van der Waals surface area contributed by atoms with Crippen molar-refractivity contribution in [3.8, 4) is 11.5 Å². The van der Waals surface area contributed by atoms with Crippen LogP contribution in [0.2, 0.25) is 10.0 Å². The fraction of sp³-hybridized carbons (Fsp3) is 0.148. The summed E-state index contributed by atoms with van der Waals surface area (Å²) < 4.78 is 38.1. The van der Waals surface area contributed by atoms with Gasteiger partial charge in [-0.15, -0.1) is 0 Å². The summed E-state index contributed by atoms with van der Waals surface area (Å²) >= 11 is 12.3. The fourth-order valence-electron chi connectivity index (χ4n) is 3.95. The molecule has 0 aliphatic carbocycles. The van der Waals surface area contributed by atoms with E-state index in [2.05, 4.69) is 15.5 Å². The Bertz CT molecular complexity index is 1730. The van der Waals surface area contributed by atoms with Crippen LogP contribution in [-0.2, 0) is 16.5 Å². The van der Waals surface area contributed by atoms with Crippen LogP contribution in [0.4, 0.5) is 17.1 Å². The quantitative estimate of drug-likeness (QED) is 0.175. The molecule has 4 aromatic rings. The molecule has 9 nitrogen and oxygen atoms in total. The fourth-order valence-corrected chi connectivity index (χ4v) is 5.29. The number of halogens is 2. The molecule has 4 aromatic carbocycles. The summed E-state index contributed by atoms with van der Waals surface area (Å²) in [5, 5.41) is 25.7. The first-order chi connectivity index (χ1) is 18.5. The van der Waals surface area contributed by atoms with Crippen LogP contribution in [0.25, 0.3) is 10.8 Å². The predicted octanol–water partition coefficient (Wildman–Crippen LogP) is 4.10. The maximum absolute atomic E-state index is 13.5. The minimum atomic E-state index is -4.55. The monoisotopic (exact) mass is 609 g/mol. The van der Waals surface area contributed by atoms with Crippen LogP contribution in [0.1, 0.15) is 29.8 Å². The number of amides is 1. The summed E-state index contributed by atoms with van der Waals surface area (Å²) in [4.78, 5) is 12.7. The van der Waals surface area contributed by atoms with Gasteiger partial charge in [-0.3, -0.25) is 9.35 Å². The van der Waals surface area contributed by atoms with Crippen molar-refractivity contribution in [2.24, 2.45) is 10.2 Å². The van der Waals surface area contributed by atoms with Gasteiger partial charge in [0.05, 0.1) is 28.0 Å². The summed E-state index contributed by atoms with van der Waals surface area (Å²) in [6.45, 7) is 3.90. The van der Waals surface area contributed by atoms with Crippen molar-refractivity contribution < 1.29 is 57.2 Å². The van der Waals surface area contributed by atoms with Crippen LogP contribution in [0.5, 0.6) is 11.5 Å². The molecule has 0 fully saturated rings. The van der Waals surface area contributed by atoms with Gasteiger partial charge in [0.15, 0.2) is 0 Å². The average Bonchev–Trinajstić information content (AvgIpc) is 2.89. The molecular weight excluding hydrogens is 588 g/mol. The number of nitrogens with zero attached hydrogens (tertiary/aromatic N) is 2. The van der Waals surface area contributed by atoms with Crippen LogP contribution in [-0.4, -0.2) is 25.5 Å². The largest absolute Gasteiger partial charge is 1.00 e. The summed E-state index contributed by atoms with van der Waals surface area (Å²) in [6.07, 6.45) is 0.273. The zero-order valence-corrected chi connectivity index (χ0v) is 26.1. The summed E-state index contributed by atoms with van der Waals surface area (Å²) in [5.74, 6) is -0.938. The number of rotatable bonds is 8. The van der Waals surface area contributed by atoms with E-state index in [1.54, 1.807) is 56.3 Å². The summed E-state index contributed by atoms with van der Waals surface area (Å²) in [5.41, 5.74) is 0.657. The maximum Gasteiger partial charge on any atom is 1.00 e. The number of carbonyl (C=O) groups is 1. The number of ether oxygens (including phenoxy) is 1. The van der Waals surface area contributed by atoms with Crippen molar-refractivity contribution in [2.45, 2.75) is 25.2 Å². The molecule has 0 aliphatic rings. The second kappa shape index (κ2) is 13.3. The normalized spacial score (nSPS) is 11.4. The molecule has 40 heavy (non-hydrogen) atoms. The molecule has 0 saturated carbocycles. The number of azo groups is 1. The molecular formula is C27H22Cl2N3NaO6S. The van der Waals surface area contributed by atoms with Gasteiger partial charge >= 0.3 is 29.6 Å². The Morgan fingerprint density at radius 1 is 1.05 bits per heavy atom. The Kier molecular flexibility index (Phi) is 10.6. The molecule has 2 N–H and O–H groups in total. The molecule has 13 heteroatoms. The molecule has 0 saturated heterocycles. The van der Waals surface area contributed by atoms with Crippen molar-refractivity contribution in [3.05, 3.63) is 81.8 Å². The van der Waals surface area contributed by atoms with Gasteiger partial charge in [0.2, 0.25) is 0 Å². The third kappa shape index (κ3) is 6.77. The summed E-state index contributed by atoms with van der Waals surface area (Å²) in [6, 6.07) is 15.5. The minimum Gasteiger partial charge on any atom is -0.870 e. The van der Waals surface area contributed by atoms with Crippen molar-refractivity contribution >= 4 is 67.1 Å². The Morgan fingerprint density at radius 2 is 1.77 bits per heavy atom. The summed E-state index contributed by atoms with van der Waals surface area (Å²) in [7, 11) is -4.55. The third-order valence-electron chi connectivity index (χ3n) is 5.78. The minimum absolute atomic E-state index is 0. The third-order valence-corrected chi connectivity index (χ3v) is 7.53. The number of anilines is 1. The van der Waals surface area contributed by atoms with Gasteiger partial charge in [-0.1, -0.05) is 60.1 Å². The number of carbonyl (C=O) groups excluding carboxylic acids is 1. The van der Waals surface area contributed by atoms with Crippen LogP contribution in [0.15, 0.2) is 75.8 Å². The molecule has 0 aliphatic heterocycles. The Hall–Kier alpha value is -2.70. The maximum atomic E-state index is 13.5. The standard InChI is InChI=1S/C27H23Cl2N3O6S.Na/c1-3-17-21(11-12-23(24(17)29)39(35,36)37)31-32-25-18-8-6-5-7-15(18)13-19(26(25)33)27(34)30-16-9-10-20(28)22(14-16)38-4-2;/h5-14,33H,3-4H2,1-2H3,(H,30,34)(H,35,36,37);/q;+1/p-1. The van der Waals surface area contributed by atoms with Gasteiger partial charge in [-0.25, -0.2) is 0 Å². The van der Waals surface area contributed by atoms with E-state index in [1.165, 1.54) is 12.1 Å². The smallest absolute Gasteiger partial charge is 0.870 e. The molecule has 1 amide bonds. The average molecular weight is 610 g/mol. The number of hydrogen-bond donors (Lipinski definition) is 2. The van der Waals surface area contributed by atoms with E-state index in [1.807, 2.05) is 0 Å². The number of nitrogens with one attached hydrogen (secondary N) is 1. The van der Waals surface area contributed by atoms with Gasteiger partial charge in [0, 0.05) is 22.7 Å². The Labute approximate surface area is 263 Å². The van der Waals surface area contributed by atoms with Gasteiger partial charge in [-0.05, 0) is 54.6 Å². The van der Waals surface area contributed by atoms with E-state index in [0.717, 1.165) is 6.07 Å². The SMILES string of the molecule is CCOc1cc(NC(=O)c2cc3ccccc3c(N=Nc3ccc(S(=O)(=O)O)c(Cl)c3CC)c2[O-])ccc1Cl.[Na+]. The zero-order valence-electron chi connectivity index (χ0n) is 21.7. The second-order valence-electron chi connectivity index (χ2n) is 8.26. The van der Waals surface area contributed by atoms with Crippen molar-refractivity contribution in [1.82, 2.24) is 0 Å². The first-order valence-corrected chi connectivity index (χ1v) is 13.9. The van der Waals surface area contributed by atoms with Gasteiger partial charge in [-0.2, -0.15) is 18.6 Å². The molecule has 0 heterocycles. The number of benzene rings is 4. The van der Waals surface area contributed by atoms with Crippen molar-refractivity contribution in [1.29, 1.82) is 0 Å². The molecule has 0 unspecified atom stereocenters. The zero-order chi connectivity index (χ0) is 28.3. The second-order valence-corrected chi connectivity index (χ2v) is 10.4. The van der Waals surface area contributed by atoms with Gasteiger partial charge < -0.3 is 15.2 Å². The van der Waals surface area contributed by atoms with Crippen LogP contribution >= 0.6 is 23.2 Å². The molecule has 0 bridgehead atoms. The van der Waals surface area contributed by atoms with Crippen LogP contribution in [0.3, 0.4) is 0 Å². The molecule has 0 aromatic heterocycles. The first-order valence-electron chi connectivity index (χ1n) is 11.7. The first kappa shape index (κ1) is 31.8. The topological polar surface area (TPSA) is 140 Å². The molecule has 0 radical (unpaired) electrons. The van der Waals surface area contributed by atoms with Gasteiger partial charge in [0.1, 0.15) is 10.6 Å². The van der Waals surface area contributed by atoms with E-state index >= 15 is 0 Å². The predicted molar refractivity (Wildman–Crippen MR) is 149 cm³/mol. The Balaban J connectivity index is 0.00000441. The molecule has 0 atom stereocenters. The van der Waals surface area contributed by atoms with Crippen LogP contribution < -0.4 is 44.7 Å². The Morgan fingerprint density at radius 3 is 2.45 bits per heavy atom. The van der Waals surface area contributed by atoms with Gasteiger partial charge in [0.25, 0.3) is 16.0 Å². The van der Waals surface area contributed by atoms with E-state index in [4.69, 9.17) is 27.9 Å².